The minimum Gasteiger partial charge on any atom is -0.414 e. The minimum atomic E-state index is -1.64. The lowest BCUT2D eigenvalue weighted by molar-refractivity contribution is 0.0981. The molecule has 1 aliphatic rings. The van der Waals surface area contributed by atoms with Gasteiger partial charge >= 0.3 is 0 Å². The normalized spacial score (nSPS) is 28.4. The van der Waals surface area contributed by atoms with E-state index in [1.165, 1.54) is 6.42 Å². The number of aliphatic hydroxyl groups is 1. The first kappa shape index (κ1) is 13.2. The fraction of sp³-hybridized carbons (Fsp3) is 1.00. The minimum absolute atomic E-state index is 0.273. The predicted octanol–water partition coefficient (Wildman–Crippen LogP) is 3.17. The van der Waals surface area contributed by atoms with Gasteiger partial charge in [-0.1, -0.05) is 27.2 Å². The molecule has 1 rings (SSSR count). The molecule has 0 aromatic rings. The van der Waals surface area contributed by atoms with E-state index in [1.807, 2.05) is 0 Å². The molecule has 3 heteroatoms. The van der Waals surface area contributed by atoms with Gasteiger partial charge in [-0.25, -0.2) is 0 Å². The molecule has 2 nitrogen and oxygen atoms in total. The number of hydrogen-bond acceptors (Lipinski definition) is 2. The molecular formula is C12H26O2Si. The lowest BCUT2D eigenvalue weighted by Crippen LogP contribution is -2.45. The van der Waals surface area contributed by atoms with Crippen LogP contribution in [0.25, 0.3) is 0 Å². The van der Waals surface area contributed by atoms with E-state index in [0.717, 1.165) is 12.8 Å². The van der Waals surface area contributed by atoms with Gasteiger partial charge in [-0.15, -0.1) is 0 Å². The van der Waals surface area contributed by atoms with Crippen LogP contribution in [-0.2, 0) is 4.43 Å². The van der Waals surface area contributed by atoms with Crippen LogP contribution in [0.1, 0.15) is 40.0 Å². The van der Waals surface area contributed by atoms with Crippen LogP contribution in [0.15, 0.2) is 0 Å². The number of aliphatic hydroxyl groups excluding tert-OH is 1. The van der Waals surface area contributed by atoms with Crippen molar-refractivity contribution in [3.8, 4) is 0 Å². The smallest absolute Gasteiger partial charge is 0.192 e. The van der Waals surface area contributed by atoms with E-state index in [-0.39, 0.29) is 5.04 Å². The van der Waals surface area contributed by atoms with Gasteiger partial charge in [-0.3, -0.25) is 0 Å². The topological polar surface area (TPSA) is 29.5 Å². The summed E-state index contributed by atoms with van der Waals surface area (Å²) in [6.45, 7) is 11.7. The van der Waals surface area contributed by atoms with Gasteiger partial charge in [0, 0.05) is 12.5 Å². The molecule has 0 aliphatic heterocycles. The summed E-state index contributed by atoms with van der Waals surface area (Å²) in [6.07, 6.45) is 3.80. The van der Waals surface area contributed by atoms with Crippen molar-refractivity contribution in [1.29, 1.82) is 0 Å². The SMILES string of the molecule is CC(C)(C)[Si](C)(C)O[C@@H]1CCC[C@@H]1CO. The Morgan fingerprint density at radius 3 is 2.33 bits per heavy atom. The molecule has 15 heavy (non-hydrogen) atoms. The van der Waals surface area contributed by atoms with E-state index >= 15 is 0 Å². The van der Waals surface area contributed by atoms with Crippen LogP contribution in [0.4, 0.5) is 0 Å². The summed E-state index contributed by atoms with van der Waals surface area (Å²) in [7, 11) is -1.64. The maximum atomic E-state index is 9.27. The van der Waals surface area contributed by atoms with Crippen molar-refractivity contribution >= 4 is 8.32 Å². The summed E-state index contributed by atoms with van der Waals surface area (Å²) in [5, 5.41) is 9.54. The van der Waals surface area contributed by atoms with E-state index in [9.17, 15) is 5.11 Å². The quantitative estimate of drug-likeness (QED) is 0.755. The van der Waals surface area contributed by atoms with E-state index < -0.39 is 8.32 Å². The molecular weight excluding hydrogens is 204 g/mol. The summed E-state index contributed by atoms with van der Waals surface area (Å²) in [6, 6.07) is 0. The highest BCUT2D eigenvalue weighted by molar-refractivity contribution is 6.74. The third kappa shape index (κ3) is 3.05. The van der Waals surface area contributed by atoms with Crippen molar-refractivity contribution < 1.29 is 9.53 Å². The van der Waals surface area contributed by atoms with Gasteiger partial charge in [0.05, 0.1) is 6.10 Å². The molecule has 0 spiro atoms. The predicted molar refractivity (Wildman–Crippen MR) is 66.5 cm³/mol. The summed E-state index contributed by atoms with van der Waals surface area (Å²) in [4.78, 5) is 0. The van der Waals surface area contributed by atoms with E-state index in [2.05, 4.69) is 33.9 Å². The van der Waals surface area contributed by atoms with Crippen LogP contribution in [-0.4, -0.2) is 26.1 Å². The van der Waals surface area contributed by atoms with Crippen LogP contribution >= 0.6 is 0 Å². The van der Waals surface area contributed by atoms with Crippen molar-refractivity contribution in [2.75, 3.05) is 6.61 Å². The lowest BCUT2D eigenvalue weighted by Gasteiger charge is -2.39. The molecule has 90 valence electrons. The summed E-state index contributed by atoms with van der Waals surface area (Å²) >= 11 is 0. The Labute approximate surface area is 95.2 Å². The Morgan fingerprint density at radius 2 is 1.87 bits per heavy atom. The molecule has 0 radical (unpaired) electrons. The van der Waals surface area contributed by atoms with Gasteiger partial charge in [0.2, 0.25) is 0 Å². The highest BCUT2D eigenvalue weighted by Gasteiger charge is 2.41. The second-order valence-corrected chi connectivity index (χ2v) is 11.0. The molecule has 1 saturated carbocycles. The van der Waals surface area contributed by atoms with Crippen LogP contribution in [0.5, 0.6) is 0 Å². The van der Waals surface area contributed by atoms with Crippen molar-refractivity contribution in [2.45, 2.75) is 64.3 Å². The number of hydrogen-bond donors (Lipinski definition) is 1. The van der Waals surface area contributed by atoms with Gasteiger partial charge in [0.15, 0.2) is 8.32 Å². The number of rotatable bonds is 3. The maximum Gasteiger partial charge on any atom is 0.192 e. The first-order chi connectivity index (χ1) is 6.78. The Balaban J connectivity index is 2.60. The zero-order valence-electron chi connectivity index (χ0n) is 10.8. The van der Waals surface area contributed by atoms with Gasteiger partial charge in [0.1, 0.15) is 0 Å². The summed E-state index contributed by atoms with van der Waals surface area (Å²) in [5.74, 6) is 0.388. The third-order valence-electron chi connectivity index (χ3n) is 4.08. The molecule has 0 unspecified atom stereocenters. The highest BCUT2D eigenvalue weighted by Crippen LogP contribution is 2.40. The van der Waals surface area contributed by atoms with Gasteiger partial charge in [-0.2, -0.15) is 0 Å². The Kier molecular flexibility index (Phi) is 4.01. The van der Waals surface area contributed by atoms with Gasteiger partial charge in [-0.05, 0) is 31.0 Å². The average Bonchev–Trinajstić information content (AvgIpc) is 2.48. The molecule has 1 aliphatic carbocycles. The molecule has 2 atom stereocenters. The zero-order chi connectivity index (χ0) is 11.7. The second kappa shape index (κ2) is 4.56. The van der Waals surface area contributed by atoms with E-state index in [0.29, 0.717) is 18.6 Å². The summed E-state index contributed by atoms with van der Waals surface area (Å²) in [5.41, 5.74) is 0. The fourth-order valence-corrected chi connectivity index (χ4v) is 3.34. The summed E-state index contributed by atoms with van der Waals surface area (Å²) < 4.78 is 6.35. The van der Waals surface area contributed by atoms with Crippen molar-refractivity contribution in [1.82, 2.24) is 0 Å². The van der Waals surface area contributed by atoms with Crippen molar-refractivity contribution in [2.24, 2.45) is 5.92 Å². The van der Waals surface area contributed by atoms with Crippen molar-refractivity contribution in [3.63, 3.8) is 0 Å². The molecule has 0 aromatic carbocycles. The van der Waals surface area contributed by atoms with Crippen LogP contribution in [0, 0.1) is 5.92 Å². The Morgan fingerprint density at radius 1 is 1.27 bits per heavy atom. The largest absolute Gasteiger partial charge is 0.414 e. The van der Waals surface area contributed by atoms with Crippen LogP contribution in [0.2, 0.25) is 18.1 Å². The monoisotopic (exact) mass is 230 g/mol. The molecule has 0 amide bonds. The highest BCUT2D eigenvalue weighted by atomic mass is 28.4. The van der Waals surface area contributed by atoms with Crippen LogP contribution < -0.4 is 0 Å². The average molecular weight is 230 g/mol. The molecule has 1 N–H and O–H groups in total. The van der Waals surface area contributed by atoms with E-state index in [4.69, 9.17) is 4.43 Å². The van der Waals surface area contributed by atoms with Gasteiger partial charge in [0.25, 0.3) is 0 Å². The molecule has 0 heterocycles. The molecule has 0 saturated heterocycles. The van der Waals surface area contributed by atoms with Gasteiger partial charge < -0.3 is 9.53 Å². The molecule has 0 bridgehead atoms. The zero-order valence-corrected chi connectivity index (χ0v) is 11.8. The van der Waals surface area contributed by atoms with Crippen molar-refractivity contribution in [3.05, 3.63) is 0 Å². The molecule has 0 aromatic heterocycles. The fourth-order valence-electron chi connectivity index (χ4n) is 1.92. The Bertz CT molecular complexity index is 208. The second-order valence-electron chi connectivity index (χ2n) is 6.29. The van der Waals surface area contributed by atoms with E-state index in [1.54, 1.807) is 0 Å². The Hall–Kier alpha value is 0.137. The standard InChI is InChI=1S/C12H26O2Si/c1-12(2,3)15(4,5)14-11-8-6-7-10(11)9-13/h10-11,13H,6-9H2,1-5H3/t10-,11-/m1/s1. The lowest BCUT2D eigenvalue weighted by atomic mass is 10.1. The first-order valence-electron chi connectivity index (χ1n) is 6.06. The molecule has 1 fully saturated rings. The first-order valence-corrected chi connectivity index (χ1v) is 8.97. The third-order valence-corrected chi connectivity index (χ3v) is 8.58. The van der Waals surface area contributed by atoms with Crippen LogP contribution in [0.3, 0.4) is 0 Å². The maximum absolute atomic E-state index is 9.27.